The van der Waals surface area contributed by atoms with Crippen molar-refractivity contribution in [3.63, 3.8) is 0 Å². The average molecular weight is 269 g/mol. The molecule has 2 rings (SSSR count). The van der Waals surface area contributed by atoms with Crippen molar-refractivity contribution in [2.24, 2.45) is 5.92 Å². The van der Waals surface area contributed by atoms with Gasteiger partial charge in [0.2, 0.25) is 5.91 Å². The minimum Gasteiger partial charge on any atom is -0.399 e. The maximum Gasteiger partial charge on any atom is 0.224 e. The van der Waals surface area contributed by atoms with E-state index in [4.69, 9.17) is 5.73 Å². The molecule has 1 saturated carbocycles. The van der Waals surface area contributed by atoms with E-state index in [1.807, 2.05) is 24.3 Å². The molecule has 1 amide bonds. The van der Waals surface area contributed by atoms with Crippen molar-refractivity contribution in [3.05, 3.63) is 29.8 Å². The van der Waals surface area contributed by atoms with Gasteiger partial charge < -0.3 is 11.1 Å². The lowest BCUT2D eigenvalue weighted by Gasteiger charge is -2.10. The van der Waals surface area contributed by atoms with Crippen LogP contribution in [0, 0.1) is 5.92 Å². The number of nitrogen functional groups attached to an aromatic ring is 1. The van der Waals surface area contributed by atoms with E-state index in [0.29, 0.717) is 12.3 Å². The summed E-state index contributed by atoms with van der Waals surface area (Å²) in [6.07, 6.45) is 5.62. The molecule has 0 spiro atoms. The summed E-state index contributed by atoms with van der Waals surface area (Å²) in [6.45, 7) is 0.841. The molecular weight excluding hydrogens is 248 g/mol. The Hall–Kier alpha value is -1.22. The lowest BCUT2D eigenvalue weighted by molar-refractivity contribution is -0.120. The molecule has 0 heterocycles. The van der Waals surface area contributed by atoms with Crippen LogP contribution in [0.5, 0.6) is 0 Å². The molecule has 100 valence electrons. The summed E-state index contributed by atoms with van der Waals surface area (Å²) in [5.41, 5.74) is 7.35. The van der Waals surface area contributed by atoms with Crippen LogP contribution in [-0.2, 0) is 11.2 Å². The van der Waals surface area contributed by atoms with Crippen molar-refractivity contribution >= 4 is 24.0 Å². The van der Waals surface area contributed by atoms with Gasteiger partial charge in [-0.25, -0.2) is 0 Å². The first-order chi connectivity index (χ1) is 8.24. The van der Waals surface area contributed by atoms with Crippen LogP contribution in [0.2, 0.25) is 0 Å². The smallest absolute Gasteiger partial charge is 0.224 e. The molecule has 1 aliphatic rings. The normalized spacial score (nSPS) is 15.1. The van der Waals surface area contributed by atoms with E-state index in [-0.39, 0.29) is 18.3 Å². The molecule has 0 radical (unpaired) electrons. The van der Waals surface area contributed by atoms with Crippen LogP contribution in [-0.4, -0.2) is 12.5 Å². The first-order valence-electron chi connectivity index (χ1n) is 6.35. The molecule has 18 heavy (non-hydrogen) atoms. The van der Waals surface area contributed by atoms with Crippen LogP contribution in [0.4, 0.5) is 5.69 Å². The highest BCUT2D eigenvalue weighted by atomic mass is 35.5. The Bertz CT molecular complexity index is 372. The van der Waals surface area contributed by atoms with Crippen molar-refractivity contribution < 1.29 is 4.79 Å². The number of anilines is 1. The molecule has 0 aromatic heterocycles. The highest BCUT2D eigenvalue weighted by Gasteiger charge is 2.15. The first-order valence-corrected chi connectivity index (χ1v) is 6.35. The van der Waals surface area contributed by atoms with Crippen LogP contribution < -0.4 is 11.1 Å². The van der Waals surface area contributed by atoms with Crippen molar-refractivity contribution in [2.75, 3.05) is 12.3 Å². The summed E-state index contributed by atoms with van der Waals surface area (Å²) < 4.78 is 0. The van der Waals surface area contributed by atoms with E-state index in [1.54, 1.807) is 0 Å². The average Bonchev–Trinajstić information content (AvgIpc) is 2.83. The van der Waals surface area contributed by atoms with E-state index in [0.717, 1.165) is 17.8 Å². The highest BCUT2D eigenvalue weighted by molar-refractivity contribution is 5.85. The number of carbonyl (C=O) groups is 1. The van der Waals surface area contributed by atoms with Gasteiger partial charge in [-0.1, -0.05) is 25.0 Å². The third-order valence-corrected chi connectivity index (χ3v) is 3.41. The fraction of sp³-hybridized carbons (Fsp3) is 0.500. The number of nitrogens with one attached hydrogen (secondary N) is 1. The second kappa shape index (κ2) is 7.27. The van der Waals surface area contributed by atoms with Crippen LogP contribution in [0.25, 0.3) is 0 Å². The molecular formula is C14H21ClN2O. The van der Waals surface area contributed by atoms with Crippen molar-refractivity contribution in [2.45, 2.75) is 32.1 Å². The monoisotopic (exact) mass is 268 g/mol. The number of benzene rings is 1. The zero-order valence-electron chi connectivity index (χ0n) is 10.5. The second-order valence-corrected chi connectivity index (χ2v) is 4.87. The Kier molecular flexibility index (Phi) is 5.99. The van der Waals surface area contributed by atoms with E-state index in [2.05, 4.69) is 5.32 Å². The van der Waals surface area contributed by atoms with Crippen LogP contribution in [0.15, 0.2) is 24.3 Å². The summed E-state index contributed by atoms with van der Waals surface area (Å²) in [5.74, 6) is 0.812. The topological polar surface area (TPSA) is 55.1 Å². The first kappa shape index (κ1) is 14.8. The molecule has 4 heteroatoms. The predicted octanol–water partition coefficient (Wildman–Crippen LogP) is 2.54. The maximum atomic E-state index is 11.7. The number of nitrogens with two attached hydrogens (primary N) is 1. The van der Waals surface area contributed by atoms with Gasteiger partial charge >= 0.3 is 0 Å². The summed E-state index contributed by atoms with van der Waals surface area (Å²) >= 11 is 0. The Balaban J connectivity index is 0.00000162. The van der Waals surface area contributed by atoms with E-state index in [1.165, 1.54) is 25.7 Å². The maximum absolute atomic E-state index is 11.7. The molecule has 0 bridgehead atoms. The molecule has 0 atom stereocenters. The van der Waals surface area contributed by atoms with Gasteiger partial charge in [0.1, 0.15) is 0 Å². The Morgan fingerprint density at radius 1 is 1.22 bits per heavy atom. The van der Waals surface area contributed by atoms with Crippen molar-refractivity contribution in [3.8, 4) is 0 Å². The predicted molar refractivity (Wildman–Crippen MR) is 76.8 cm³/mol. The minimum absolute atomic E-state index is 0. The van der Waals surface area contributed by atoms with Gasteiger partial charge in [0.15, 0.2) is 0 Å². The number of amides is 1. The zero-order chi connectivity index (χ0) is 12.1. The largest absolute Gasteiger partial charge is 0.399 e. The van der Waals surface area contributed by atoms with Gasteiger partial charge in [-0.05, 0) is 36.5 Å². The van der Waals surface area contributed by atoms with Crippen molar-refractivity contribution in [1.29, 1.82) is 0 Å². The van der Waals surface area contributed by atoms with Gasteiger partial charge in [-0.2, -0.15) is 0 Å². The summed E-state index contributed by atoms with van der Waals surface area (Å²) in [7, 11) is 0. The molecule has 3 N–H and O–H groups in total. The number of hydrogen-bond donors (Lipinski definition) is 2. The van der Waals surface area contributed by atoms with Gasteiger partial charge in [0.05, 0.1) is 6.42 Å². The molecule has 0 unspecified atom stereocenters. The SMILES string of the molecule is Cl.Nc1ccc(CC(=O)NCC2CCCC2)cc1. The van der Waals surface area contributed by atoms with E-state index >= 15 is 0 Å². The quantitative estimate of drug-likeness (QED) is 0.825. The molecule has 0 aliphatic heterocycles. The van der Waals surface area contributed by atoms with Gasteiger partial charge in [0, 0.05) is 12.2 Å². The van der Waals surface area contributed by atoms with Gasteiger partial charge in [-0.15, -0.1) is 12.4 Å². The number of carbonyl (C=O) groups excluding carboxylic acids is 1. The molecule has 1 aliphatic carbocycles. The zero-order valence-corrected chi connectivity index (χ0v) is 11.3. The third kappa shape index (κ3) is 4.57. The molecule has 1 aromatic carbocycles. The minimum atomic E-state index is 0. The van der Waals surface area contributed by atoms with Crippen LogP contribution >= 0.6 is 12.4 Å². The Morgan fingerprint density at radius 3 is 2.44 bits per heavy atom. The lowest BCUT2D eigenvalue weighted by atomic mass is 10.1. The fourth-order valence-electron chi connectivity index (χ4n) is 2.36. The summed E-state index contributed by atoms with van der Waals surface area (Å²) in [6, 6.07) is 7.48. The molecule has 3 nitrogen and oxygen atoms in total. The van der Waals surface area contributed by atoms with E-state index < -0.39 is 0 Å². The Labute approximate surface area is 115 Å². The standard InChI is InChI=1S/C14H20N2O.ClH/c15-13-7-5-11(6-8-13)9-14(17)16-10-12-3-1-2-4-12;/h5-8,12H,1-4,9-10,15H2,(H,16,17);1H. The molecule has 1 fully saturated rings. The number of hydrogen-bond acceptors (Lipinski definition) is 2. The van der Waals surface area contributed by atoms with E-state index in [9.17, 15) is 4.79 Å². The van der Waals surface area contributed by atoms with Gasteiger partial charge in [-0.3, -0.25) is 4.79 Å². The van der Waals surface area contributed by atoms with Crippen LogP contribution in [0.1, 0.15) is 31.2 Å². The molecule has 1 aromatic rings. The second-order valence-electron chi connectivity index (χ2n) is 4.87. The number of rotatable bonds is 4. The fourth-order valence-corrected chi connectivity index (χ4v) is 2.36. The summed E-state index contributed by atoms with van der Waals surface area (Å²) in [4.78, 5) is 11.7. The van der Waals surface area contributed by atoms with Crippen molar-refractivity contribution in [1.82, 2.24) is 5.32 Å². The van der Waals surface area contributed by atoms with Gasteiger partial charge in [0.25, 0.3) is 0 Å². The Morgan fingerprint density at radius 2 is 1.83 bits per heavy atom. The number of halogens is 1. The molecule has 0 saturated heterocycles. The summed E-state index contributed by atoms with van der Waals surface area (Å²) in [5, 5.41) is 3.02. The third-order valence-electron chi connectivity index (χ3n) is 3.41. The highest BCUT2D eigenvalue weighted by Crippen LogP contribution is 2.23. The van der Waals surface area contributed by atoms with Crippen LogP contribution in [0.3, 0.4) is 0 Å². The lowest BCUT2D eigenvalue weighted by Crippen LogP contribution is -2.29.